The van der Waals surface area contributed by atoms with Crippen molar-refractivity contribution < 1.29 is 13.7 Å². The third kappa shape index (κ3) is 2.49. The summed E-state index contributed by atoms with van der Waals surface area (Å²) in [4.78, 5) is 4.26. The van der Waals surface area contributed by atoms with Crippen LogP contribution in [0.25, 0.3) is 0 Å². The van der Waals surface area contributed by atoms with E-state index < -0.39 is 18.3 Å². The zero-order chi connectivity index (χ0) is 14.5. The van der Waals surface area contributed by atoms with E-state index in [0.717, 1.165) is 6.42 Å². The molecule has 2 aliphatic rings. The number of halogens is 1. The predicted molar refractivity (Wildman–Crippen MR) is 76.3 cm³/mol. The molecule has 2 fully saturated rings. The number of nitrogens with zero attached hydrogens (tertiary/aromatic N) is 1. The first-order valence-electron chi connectivity index (χ1n) is 7.28. The summed E-state index contributed by atoms with van der Waals surface area (Å²) in [5, 5.41) is 0. The molecule has 0 N–H and O–H groups in total. The average Bonchev–Trinajstić information content (AvgIpc) is 3.10. The quantitative estimate of drug-likeness (QED) is 0.795. The summed E-state index contributed by atoms with van der Waals surface area (Å²) in [6, 6.07) is 1.51. The Kier molecular flexibility index (Phi) is 3.18. The fourth-order valence-corrected chi connectivity index (χ4v) is 2.33. The zero-order valence-corrected chi connectivity index (χ0v) is 12.6. The van der Waals surface area contributed by atoms with E-state index in [2.05, 4.69) is 4.98 Å². The van der Waals surface area contributed by atoms with E-state index in [1.54, 1.807) is 6.20 Å². The first-order chi connectivity index (χ1) is 9.28. The summed E-state index contributed by atoms with van der Waals surface area (Å²) in [6.45, 7) is 7.94. The van der Waals surface area contributed by atoms with Crippen LogP contribution in [0.2, 0.25) is 0 Å². The molecule has 20 heavy (non-hydrogen) atoms. The number of aromatic nitrogens is 1. The lowest BCUT2D eigenvalue weighted by molar-refractivity contribution is 0.00578. The molecule has 108 valence electrons. The Labute approximate surface area is 120 Å². The van der Waals surface area contributed by atoms with Crippen molar-refractivity contribution in [3.05, 3.63) is 23.8 Å². The molecular formula is C15H21BFNO2. The minimum Gasteiger partial charge on any atom is -0.399 e. The van der Waals surface area contributed by atoms with Crippen molar-refractivity contribution in [2.45, 2.75) is 58.2 Å². The van der Waals surface area contributed by atoms with Gasteiger partial charge in [-0.2, -0.15) is 0 Å². The van der Waals surface area contributed by atoms with Gasteiger partial charge in [0.05, 0.1) is 16.9 Å². The molecule has 1 aromatic heterocycles. The SMILES string of the molecule is CC1(C)OB(c2cnc(CC3CC3)c(F)c2)OC1(C)C. The van der Waals surface area contributed by atoms with Gasteiger partial charge in [-0.15, -0.1) is 0 Å². The molecule has 1 aromatic rings. The monoisotopic (exact) mass is 277 g/mol. The highest BCUT2D eigenvalue weighted by Gasteiger charge is 2.51. The maximum absolute atomic E-state index is 14.1. The van der Waals surface area contributed by atoms with E-state index in [1.807, 2.05) is 27.7 Å². The number of rotatable bonds is 3. The van der Waals surface area contributed by atoms with Crippen LogP contribution in [0.5, 0.6) is 0 Å². The van der Waals surface area contributed by atoms with Crippen molar-refractivity contribution in [3.63, 3.8) is 0 Å². The molecule has 5 heteroatoms. The van der Waals surface area contributed by atoms with Crippen molar-refractivity contribution in [1.29, 1.82) is 0 Å². The molecular weight excluding hydrogens is 256 g/mol. The van der Waals surface area contributed by atoms with E-state index >= 15 is 0 Å². The van der Waals surface area contributed by atoms with Crippen LogP contribution in [0.1, 0.15) is 46.2 Å². The van der Waals surface area contributed by atoms with Gasteiger partial charge in [-0.25, -0.2) is 4.39 Å². The Bertz CT molecular complexity index is 513. The minimum absolute atomic E-state index is 0.246. The van der Waals surface area contributed by atoms with Crippen molar-refractivity contribution in [2.75, 3.05) is 0 Å². The van der Waals surface area contributed by atoms with Crippen molar-refractivity contribution in [1.82, 2.24) is 4.98 Å². The minimum atomic E-state index is -0.544. The lowest BCUT2D eigenvalue weighted by Gasteiger charge is -2.32. The largest absolute Gasteiger partial charge is 0.496 e. The fraction of sp³-hybridized carbons (Fsp3) is 0.667. The van der Waals surface area contributed by atoms with E-state index in [-0.39, 0.29) is 5.82 Å². The lowest BCUT2D eigenvalue weighted by Crippen LogP contribution is -2.41. The van der Waals surface area contributed by atoms with Crippen LogP contribution < -0.4 is 5.46 Å². The molecule has 0 unspecified atom stereocenters. The second kappa shape index (κ2) is 4.53. The van der Waals surface area contributed by atoms with Gasteiger partial charge in [-0.1, -0.05) is 0 Å². The fourth-order valence-electron chi connectivity index (χ4n) is 2.33. The summed E-state index contributed by atoms with van der Waals surface area (Å²) in [5.41, 5.74) is 0.384. The topological polar surface area (TPSA) is 31.4 Å². The predicted octanol–water partition coefficient (Wildman–Crippen LogP) is 2.47. The molecule has 1 saturated carbocycles. The Balaban J connectivity index is 1.79. The van der Waals surface area contributed by atoms with Gasteiger partial charge in [-0.05, 0) is 58.9 Å². The highest BCUT2D eigenvalue weighted by Crippen LogP contribution is 2.36. The van der Waals surface area contributed by atoms with Crippen LogP contribution in [0.4, 0.5) is 4.39 Å². The molecule has 3 rings (SSSR count). The Morgan fingerprint density at radius 3 is 2.35 bits per heavy atom. The van der Waals surface area contributed by atoms with E-state index in [1.165, 1.54) is 18.9 Å². The summed E-state index contributed by atoms with van der Waals surface area (Å²) in [5.74, 6) is 0.379. The first kappa shape index (κ1) is 14.0. The van der Waals surface area contributed by atoms with Crippen LogP contribution in [0.3, 0.4) is 0 Å². The average molecular weight is 277 g/mol. The Morgan fingerprint density at radius 2 is 1.85 bits per heavy atom. The molecule has 0 aromatic carbocycles. The second-order valence-corrected chi connectivity index (χ2v) is 6.93. The number of hydrogen-bond acceptors (Lipinski definition) is 3. The maximum Gasteiger partial charge on any atom is 0.496 e. The lowest BCUT2D eigenvalue weighted by atomic mass is 9.80. The van der Waals surface area contributed by atoms with Crippen molar-refractivity contribution in [2.24, 2.45) is 5.92 Å². The van der Waals surface area contributed by atoms with Crippen LogP contribution in [-0.4, -0.2) is 23.3 Å². The van der Waals surface area contributed by atoms with Gasteiger partial charge in [-0.3, -0.25) is 4.98 Å². The van der Waals surface area contributed by atoms with Crippen LogP contribution in [0, 0.1) is 11.7 Å². The van der Waals surface area contributed by atoms with E-state index in [0.29, 0.717) is 17.1 Å². The van der Waals surface area contributed by atoms with Gasteiger partial charge in [0.2, 0.25) is 0 Å². The van der Waals surface area contributed by atoms with Gasteiger partial charge in [0, 0.05) is 11.7 Å². The standard InChI is InChI=1S/C15H21BFNO2/c1-14(2)15(3,4)20-16(19-14)11-8-12(17)13(18-9-11)7-10-5-6-10/h8-10H,5-7H2,1-4H3. The van der Waals surface area contributed by atoms with Gasteiger partial charge in [0.1, 0.15) is 5.82 Å². The molecule has 0 amide bonds. The van der Waals surface area contributed by atoms with Gasteiger partial charge in [0.15, 0.2) is 0 Å². The zero-order valence-electron chi connectivity index (χ0n) is 12.6. The maximum atomic E-state index is 14.1. The molecule has 0 radical (unpaired) electrons. The summed E-state index contributed by atoms with van der Waals surface area (Å²) in [6.07, 6.45) is 4.82. The normalized spacial score (nSPS) is 24.1. The van der Waals surface area contributed by atoms with Gasteiger partial charge in [0.25, 0.3) is 0 Å². The molecule has 3 nitrogen and oxygen atoms in total. The first-order valence-corrected chi connectivity index (χ1v) is 7.28. The summed E-state index contributed by atoms with van der Waals surface area (Å²) >= 11 is 0. The number of pyridine rings is 1. The summed E-state index contributed by atoms with van der Waals surface area (Å²) < 4.78 is 25.9. The molecule has 1 aliphatic carbocycles. The molecule has 0 atom stereocenters. The van der Waals surface area contributed by atoms with Crippen LogP contribution in [0.15, 0.2) is 12.3 Å². The smallest absolute Gasteiger partial charge is 0.399 e. The third-order valence-electron chi connectivity index (χ3n) is 4.64. The molecule has 1 saturated heterocycles. The van der Waals surface area contributed by atoms with Gasteiger partial charge < -0.3 is 9.31 Å². The second-order valence-electron chi connectivity index (χ2n) is 6.93. The van der Waals surface area contributed by atoms with E-state index in [4.69, 9.17) is 9.31 Å². The van der Waals surface area contributed by atoms with Crippen LogP contribution >= 0.6 is 0 Å². The number of hydrogen-bond donors (Lipinski definition) is 0. The van der Waals surface area contributed by atoms with Crippen molar-refractivity contribution in [3.8, 4) is 0 Å². The Hall–Kier alpha value is -0.935. The third-order valence-corrected chi connectivity index (χ3v) is 4.64. The van der Waals surface area contributed by atoms with Gasteiger partial charge >= 0.3 is 7.12 Å². The highest BCUT2D eigenvalue weighted by atomic mass is 19.1. The van der Waals surface area contributed by atoms with E-state index in [9.17, 15) is 4.39 Å². The molecule has 1 aliphatic heterocycles. The molecule has 0 bridgehead atoms. The highest BCUT2D eigenvalue weighted by molar-refractivity contribution is 6.62. The Morgan fingerprint density at radius 1 is 1.25 bits per heavy atom. The molecule has 2 heterocycles. The van der Waals surface area contributed by atoms with Crippen LogP contribution in [-0.2, 0) is 15.7 Å². The summed E-state index contributed by atoms with van der Waals surface area (Å²) in [7, 11) is -0.544. The molecule has 0 spiro atoms. The van der Waals surface area contributed by atoms with Crippen molar-refractivity contribution >= 4 is 12.6 Å².